The molecule has 0 saturated carbocycles. The lowest BCUT2D eigenvalue weighted by Gasteiger charge is -2.30. The van der Waals surface area contributed by atoms with Gasteiger partial charge in [0, 0.05) is 45.4 Å². The van der Waals surface area contributed by atoms with E-state index < -0.39 is 17.1 Å². The Balaban J connectivity index is 1.88. The van der Waals surface area contributed by atoms with Crippen LogP contribution in [0.4, 0.5) is 4.39 Å². The van der Waals surface area contributed by atoms with Crippen molar-refractivity contribution in [1.82, 2.24) is 19.7 Å². The van der Waals surface area contributed by atoms with Crippen LogP contribution in [-0.2, 0) is 26.3 Å². The number of aromatic nitrogens is 1. The summed E-state index contributed by atoms with van der Waals surface area (Å²) in [5, 5.41) is 0. The smallest absolute Gasteiger partial charge is 0.241 e. The minimum absolute atomic E-state index is 0.0640. The SMILES string of the molecule is CCN(CC)CCN(C)C(=O)C[C@]1(c2cccc(F)c2)CC(=O)N(Cc2cccnc2)C1=O. The van der Waals surface area contributed by atoms with Gasteiger partial charge in [0.25, 0.3) is 0 Å². The van der Waals surface area contributed by atoms with Crippen LogP contribution >= 0.6 is 0 Å². The van der Waals surface area contributed by atoms with Crippen LogP contribution < -0.4 is 0 Å². The number of likely N-dealkylation sites (tertiary alicyclic amines) is 1. The summed E-state index contributed by atoms with van der Waals surface area (Å²) < 4.78 is 14.1. The second kappa shape index (κ2) is 10.7. The molecule has 1 atom stereocenters. The first-order valence-corrected chi connectivity index (χ1v) is 11.3. The molecule has 2 heterocycles. The molecule has 1 saturated heterocycles. The van der Waals surface area contributed by atoms with Gasteiger partial charge in [-0.15, -0.1) is 0 Å². The third-order valence-electron chi connectivity index (χ3n) is 6.37. The van der Waals surface area contributed by atoms with Crippen molar-refractivity contribution in [2.45, 2.75) is 38.6 Å². The monoisotopic (exact) mass is 454 g/mol. The molecule has 1 aliphatic rings. The highest BCUT2D eigenvalue weighted by Crippen LogP contribution is 2.41. The molecule has 33 heavy (non-hydrogen) atoms. The molecule has 0 aliphatic carbocycles. The molecule has 176 valence electrons. The minimum atomic E-state index is -1.43. The standard InChI is InChI=1S/C25H31FN4O3/c1-4-29(5-2)13-12-28(3)22(31)15-25(20-9-6-10-21(26)14-20)16-23(32)30(24(25)33)18-19-8-7-11-27-17-19/h6-11,14,17H,4-5,12-13,15-16,18H2,1-3H3/t25-/m1/s1. The van der Waals surface area contributed by atoms with E-state index in [0.717, 1.165) is 18.0 Å². The summed E-state index contributed by atoms with van der Waals surface area (Å²) in [6.07, 6.45) is 2.83. The van der Waals surface area contributed by atoms with Gasteiger partial charge in [0.1, 0.15) is 5.82 Å². The summed E-state index contributed by atoms with van der Waals surface area (Å²) in [6, 6.07) is 9.16. The lowest BCUT2D eigenvalue weighted by atomic mass is 9.75. The van der Waals surface area contributed by atoms with Gasteiger partial charge in [-0.3, -0.25) is 24.3 Å². The number of carbonyl (C=O) groups excluding carboxylic acids is 3. The fourth-order valence-corrected chi connectivity index (χ4v) is 4.24. The topological polar surface area (TPSA) is 73.8 Å². The fraction of sp³-hybridized carbons (Fsp3) is 0.440. The number of imide groups is 1. The summed E-state index contributed by atoms with van der Waals surface area (Å²) in [5.41, 5.74) is -0.376. The predicted octanol–water partition coefficient (Wildman–Crippen LogP) is 2.61. The van der Waals surface area contributed by atoms with Crippen molar-refractivity contribution < 1.29 is 18.8 Å². The largest absolute Gasteiger partial charge is 0.344 e. The van der Waals surface area contributed by atoms with Crippen molar-refractivity contribution >= 4 is 17.7 Å². The molecule has 0 N–H and O–H groups in total. The summed E-state index contributed by atoms with van der Waals surface area (Å²) in [4.78, 5) is 48.8. The zero-order valence-electron chi connectivity index (χ0n) is 19.5. The van der Waals surface area contributed by atoms with Gasteiger partial charge in [0.2, 0.25) is 17.7 Å². The molecule has 2 aromatic rings. The van der Waals surface area contributed by atoms with E-state index in [1.807, 2.05) is 0 Å². The normalized spacial score (nSPS) is 18.3. The van der Waals surface area contributed by atoms with E-state index in [4.69, 9.17) is 0 Å². The molecule has 7 nitrogen and oxygen atoms in total. The van der Waals surface area contributed by atoms with Gasteiger partial charge in [0.15, 0.2) is 0 Å². The molecular weight excluding hydrogens is 423 g/mol. The van der Waals surface area contributed by atoms with Crippen molar-refractivity contribution in [2.75, 3.05) is 33.2 Å². The van der Waals surface area contributed by atoms with Crippen molar-refractivity contribution in [3.05, 3.63) is 65.7 Å². The van der Waals surface area contributed by atoms with Gasteiger partial charge < -0.3 is 9.80 Å². The average Bonchev–Trinajstić information content (AvgIpc) is 3.05. The minimum Gasteiger partial charge on any atom is -0.344 e. The van der Waals surface area contributed by atoms with Gasteiger partial charge >= 0.3 is 0 Å². The average molecular weight is 455 g/mol. The number of carbonyl (C=O) groups is 3. The number of likely N-dealkylation sites (N-methyl/N-ethyl adjacent to an activating group) is 2. The molecule has 0 bridgehead atoms. The first-order valence-electron chi connectivity index (χ1n) is 11.3. The molecule has 3 rings (SSSR count). The van der Waals surface area contributed by atoms with Gasteiger partial charge in [-0.05, 0) is 42.4 Å². The summed E-state index contributed by atoms with van der Waals surface area (Å²) in [5.74, 6) is -1.63. The summed E-state index contributed by atoms with van der Waals surface area (Å²) in [6.45, 7) is 7.15. The van der Waals surface area contributed by atoms with Crippen molar-refractivity contribution in [3.8, 4) is 0 Å². The Morgan fingerprint density at radius 2 is 1.91 bits per heavy atom. The fourth-order valence-electron chi connectivity index (χ4n) is 4.24. The molecule has 3 amide bonds. The van der Waals surface area contributed by atoms with Crippen molar-refractivity contribution in [1.29, 1.82) is 0 Å². The Hall–Kier alpha value is -3.13. The Bertz CT molecular complexity index is 996. The predicted molar refractivity (Wildman–Crippen MR) is 123 cm³/mol. The molecular formula is C25H31FN4O3. The zero-order chi connectivity index (χ0) is 24.0. The van der Waals surface area contributed by atoms with Gasteiger partial charge in [0.05, 0.1) is 12.0 Å². The highest BCUT2D eigenvalue weighted by Gasteiger charge is 2.54. The quantitative estimate of drug-likeness (QED) is 0.516. The van der Waals surface area contributed by atoms with E-state index in [1.165, 1.54) is 18.2 Å². The van der Waals surface area contributed by atoms with Crippen LogP contribution in [0.2, 0.25) is 0 Å². The van der Waals surface area contributed by atoms with Crippen LogP contribution in [0.25, 0.3) is 0 Å². The van der Waals surface area contributed by atoms with Crippen LogP contribution in [0.1, 0.15) is 37.8 Å². The van der Waals surface area contributed by atoms with Gasteiger partial charge in [-0.1, -0.05) is 32.0 Å². The number of rotatable bonds is 10. The van der Waals surface area contributed by atoms with Crippen LogP contribution in [-0.4, -0.2) is 70.6 Å². The first-order chi connectivity index (χ1) is 15.8. The maximum atomic E-state index is 14.1. The number of pyridine rings is 1. The third-order valence-corrected chi connectivity index (χ3v) is 6.37. The van der Waals surface area contributed by atoms with Crippen LogP contribution in [0.15, 0.2) is 48.8 Å². The van der Waals surface area contributed by atoms with Crippen LogP contribution in [0, 0.1) is 5.82 Å². The van der Waals surface area contributed by atoms with Gasteiger partial charge in [-0.2, -0.15) is 0 Å². The van der Waals surface area contributed by atoms with E-state index in [1.54, 1.807) is 42.5 Å². The Labute approximate surface area is 194 Å². The molecule has 8 heteroatoms. The van der Waals surface area contributed by atoms with E-state index in [0.29, 0.717) is 24.2 Å². The Kier molecular flexibility index (Phi) is 7.92. The highest BCUT2D eigenvalue weighted by atomic mass is 19.1. The van der Waals surface area contributed by atoms with E-state index in [-0.39, 0.29) is 31.2 Å². The van der Waals surface area contributed by atoms with Crippen LogP contribution in [0.3, 0.4) is 0 Å². The number of halogens is 1. The van der Waals surface area contributed by atoms with Gasteiger partial charge in [-0.25, -0.2) is 4.39 Å². The number of hydrogen-bond acceptors (Lipinski definition) is 5. The molecule has 1 aliphatic heterocycles. The second-order valence-corrected chi connectivity index (χ2v) is 8.43. The molecule has 1 fully saturated rings. The van der Waals surface area contributed by atoms with E-state index in [9.17, 15) is 18.8 Å². The number of hydrogen-bond donors (Lipinski definition) is 0. The molecule has 1 aromatic carbocycles. The van der Waals surface area contributed by atoms with Crippen molar-refractivity contribution in [2.24, 2.45) is 0 Å². The second-order valence-electron chi connectivity index (χ2n) is 8.43. The van der Waals surface area contributed by atoms with E-state index >= 15 is 0 Å². The number of amides is 3. The number of benzene rings is 1. The first kappa shape index (κ1) is 24.5. The Morgan fingerprint density at radius 1 is 1.15 bits per heavy atom. The molecule has 0 spiro atoms. The summed E-state index contributed by atoms with van der Waals surface area (Å²) >= 11 is 0. The third kappa shape index (κ3) is 5.45. The molecule has 0 unspecified atom stereocenters. The lowest BCUT2D eigenvalue weighted by Crippen LogP contribution is -2.44. The van der Waals surface area contributed by atoms with Crippen LogP contribution in [0.5, 0.6) is 0 Å². The maximum absolute atomic E-state index is 14.1. The Morgan fingerprint density at radius 3 is 2.55 bits per heavy atom. The van der Waals surface area contributed by atoms with E-state index in [2.05, 4.69) is 23.7 Å². The highest BCUT2D eigenvalue weighted by molar-refractivity contribution is 6.10. The zero-order valence-corrected chi connectivity index (χ0v) is 19.5. The lowest BCUT2D eigenvalue weighted by molar-refractivity contribution is -0.143. The molecule has 1 aromatic heterocycles. The number of nitrogens with zero attached hydrogens (tertiary/aromatic N) is 4. The van der Waals surface area contributed by atoms with Crippen molar-refractivity contribution in [3.63, 3.8) is 0 Å². The maximum Gasteiger partial charge on any atom is 0.241 e. The molecule has 0 radical (unpaired) electrons. The summed E-state index contributed by atoms with van der Waals surface area (Å²) in [7, 11) is 1.69.